The zero-order valence-corrected chi connectivity index (χ0v) is 9.37. The normalized spacial score (nSPS) is 11.6. The molecule has 0 atom stereocenters. The fourth-order valence-electron chi connectivity index (χ4n) is 1.20. The maximum Gasteiger partial charge on any atom is 0.0443 e. The Morgan fingerprint density at radius 1 is 1.21 bits per heavy atom. The summed E-state index contributed by atoms with van der Waals surface area (Å²) >= 11 is 0. The number of hydrogen-bond acceptors (Lipinski definition) is 5. The SMILES string of the molecule is CN(C)N(CCCO)CCNCCN. The van der Waals surface area contributed by atoms with Crippen LogP contribution in [0.15, 0.2) is 0 Å². The average molecular weight is 204 g/mol. The second-order valence-corrected chi connectivity index (χ2v) is 3.42. The molecule has 0 fully saturated rings. The van der Waals surface area contributed by atoms with Crippen molar-refractivity contribution in [2.45, 2.75) is 6.42 Å². The average Bonchev–Trinajstić information content (AvgIpc) is 2.16. The number of rotatable bonds is 9. The van der Waals surface area contributed by atoms with Crippen LogP contribution in [-0.4, -0.2) is 68.6 Å². The monoisotopic (exact) mass is 204 g/mol. The van der Waals surface area contributed by atoms with Gasteiger partial charge in [-0.2, -0.15) is 0 Å². The minimum absolute atomic E-state index is 0.251. The first-order valence-electron chi connectivity index (χ1n) is 5.16. The summed E-state index contributed by atoms with van der Waals surface area (Å²) in [6, 6.07) is 0. The van der Waals surface area contributed by atoms with Gasteiger partial charge in [-0.05, 0) is 6.42 Å². The summed E-state index contributed by atoms with van der Waals surface area (Å²) in [4.78, 5) is 0. The van der Waals surface area contributed by atoms with Gasteiger partial charge in [0.1, 0.15) is 0 Å². The first-order chi connectivity index (χ1) is 6.72. The van der Waals surface area contributed by atoms with Crippen molar-refractivity contribution in [2.24, 2.45) is 5.73 Å². The van der Waals surface area contributed by atoms with E-state index in [0.717, 1.165) is 32.6 Å². The molecule has 14 heavy (non-hydrogen) atoms. The van der Waals surface area contributed by atoms with Crippen molar-refractivity contribution in [3.8, 4) is 0 Å². The van der Waals surface area contributed by atoms with Crippen molar-refractivity contribution in [3.63, 3.8) is 0 Å². The Bertz CT molecular complexity index is 121. The fraction of sp³-hybridized carbons (Fsp3) is 1.00. The topological polar surface area (TPSA) is 64.8 Å². The zero-order valence-electron chi connectivity index (χ0n) is 9.37. The molecule has 0 bridgehead atoms. The summed E-state index contributed by atoms with van der Waals surface area (Å²) in [7, 11) is 4.03. The third-order valence-electron chi connectivity index (χ3n) is 2.01. The summed E-state index contributed by atoms with van der Waals surface area (Å²) in [6.07, 6.45) is 0.815. The second kappa shape index (κ2) is 9.36. The lowest BCUT2D eigenvalue weighted by molar-refractivity contribution is 0.0210. The van der Waals surface area contributed by atoms with Crippen molar-refractivity contribution in [2.75, 3.05) is 53.4 Å². The van der Waals surface area contributed by atoms with Gasteiger partial charge < -0.3 is 16.2 Å². The predicted molar refractivity (Wildman–Crippen MR) is 58.9 cm³/mol. The van der Waals surface area contributed by atoms with Crippen LogP contribution in [0, 0.1) is 0 Å². The summed E-state index contributed by atoms with van der Waals surface area (Å²) in [6.45, 7) is 4.57. The van der Waals surface area contributed by atoms with Gasteiger partial charge in [0.25, 0.3) is 0 Å². The van der Waals surface area contributed by atoms with E-state index >= 15 is 0 Å². The lowest BCUT2D eigenvalue weighted by atomic mass is 10.4. The van der Waals surface area contributed by atoms with Gasteiger partial charge in [-0.15, -0.1) is 0 Å². The van der Waals surface area contributed by atoms with Crippen LogP contribution in [0.4, 0.5) is 0 Å². The van der Waals surface area contributed by atoms with Crippen LogP contribution in [0.25, 0.3) is 0 Å². The van der Waals surface area contributed by atoms with Crippen LogP contribution >= 0.6 is 0 Å². The van der Waals surface area contributed by atoms with E-state index in [2.05, 4.69) is 15.3 Å². The van der Waals surface area contributed by atoms with E-state index in [9.17, 15) is 0 Å². The highest BCUT2D eigenvalue weighted by Crippen LogP contribution is 1.92. The quantitative estimate of drug-likeness (QED) is 0.322. The third-order valence-corrected chi connectivity index (χ3v) is 2.01. The molecule has 0 rings (SSSR count). The molecule has 0 spiro atoms. The number of hydrogen-bond donors (Lipinski definition) is 3. The van der Waals surface area contributed by atoms with Gasteiger partial charge in [-0.3, -0.25) is 0 Å². The molecule has 0 unspecified atom stereocenters. The van der Waals surface area contributed by atoms with Crippen molar-refractivity contribution >= 4 is 0 Å². The van der Waals surface area contributed by atoms with Gasteiger partial charge in [-0.1, -0.05) is 0 Å². The molecule has 0 heterocycles. The molecule has 0 aromatic rings. The standard InChI is InChI=1S/C9H24N4O/c1-12(2)13(7-3-9-14)8-6-11-5-4-10/h11,14H,3-10H2,1-2H3. The van der Waals surface area contributed by atoms with Crippen molar-refractivity contribution in [1.82, 2.24) is 15.3 Å². The minimum atomic E-state index is 0.251. The maximum atomic E-state index is 8.73. The fourth-order valence-corrected chi connectivity index (χ4v) is 1.20. The van der Waals surface area contributed by atoms with Crippen LogP contribution in [-0.2, 0) is 0 Å². The van der Waals surface area contributed by atoms with Crippen molar-refractivity contribution in [3.05, 3.63) is 0 Å². The van der Waals surface area contributed by atoms with E-state index in [4.69, 9.17) is 10.8 Å². The van der Waals surface area contributed by atoms with Crippen LogP contribution < -0.4 is 11.1 Å². The number of aliphatic hydroxyl groups is 1. The highest BCUT2D eigenvalue weighted by molar-refractivity contribution is 4.55. The number of hydrazine groups is 1. The highest BCUT2D eigenvalue weighted by atomic mass is 16.3. The minimum Gasteiger partial charge on any atom is -0.396 e. The Balaban J connectivity index is 3.52. The molecule has 0 amide bonds. The lowest BCUT2D eigenvalue weighted by Gasteiger charge is -2.28. The molecule has 0 aliphatic heterocycles. The Hall–Kier alpha value is -0.200. The predicted octanol–water partition coefficient (Wildman–Crippen LogP) is -1.30. The molecule has 5 heteroatoms. The third kappa shape index (κ3) is 7.23. The molecule has 4 N–H and O–H groups in total. The van der Waals surface area contributed by atoms with Gasteiger partial charge in [0.05, 0.1) is 0 Å². The molecule has 0 aromatic heterocycles. The first-order valence-corrected chi connectivity index (χ1v) is 5.16. The van der Waals surface area contributed by atoms with Crippen LogP contribution in [0.1, 0.15) is 6.42 Å². The zero-order chi connectivity index (χ0) is 10.8. The van der Waals surface area contributed by atoms with Gasteiger partial charge in [-0.25, -0.2) is 10.0 Å². The van der Waals surface area contributed by atoms with E-state index in [1.807, 2.05) is 14.1 Å². The van der Waals surface area contributed by atoms with E-state index in [1.165, 1.54) is 0 Å². The molecule has 0 aromatic carbocycles. The second-order valence-electron chi connectivity index (χ2n) is 3.42. The summed E-state index contributed by atoms with van der Waals surface area (Å²) < 4.78 is 0. The number of nitrogens with zero attached hydrogens (tertiary/aromatic N) is 2. The van der Waals surface area contributed by atoms with E-state index in [-0.39, 0.29) is 6.61 Å². The van der Waals surface area contributed by atoms with Crippen LogP contribution in [0.2, 0.25) is 0 Å². The Kier molecular flexibility index (Phi) is 9.23. The van der Waals surface area contributed by atoms with Gasteiger partial charge in [0.15, 0.2) is 0 Å². The van der Waals surface area contributed by atoms with E-state index in [1.54, 1.807) is 0 Å². The largest absolute Gasteiger partial charge is 0.396 e. The first kappa shape index (κ1) is 13.8. The summed E-state index contributed by atoms with van der Waals surface area (Å²) in [5, 5.41) is 16.2. The Labute approximate surface area is 86.8 Å². The molecule has 0 saturated heterocycles. The number of aliphatic hydroxyl groups excluding tert-OH is 1. The number of nitrogens with two attached hydrogens (primary N) is 1. The van der Waals surface area contributed by atoms with E-state index in [0.29, 0.717) is 6.54 Å². The summed E-state index contributed by atoms with van der Waals surface area (Å²) in [5.41, 5.74) is 5.37. The molecule has 0 saturated carbocycles. The Morgan fingerprint density at radius 3 is 2.43 bits per heavy atom. The lowest BCUT2D eigenvalue weighted by Crippen LogP contribution is -2.42. The number of nitrogens with one attached hydrogen (secondary N) is 1. The van der Waals surface area contributed by atoms with Gasteiger partial charge >= 0.3 is 0 Å². The highest BCUT2D eigenvalue weighted by Gasteiger charge is 2.05. The molecular weight excluding hydrogens is 180 g/mol. The maximum absolute atomic E-state index is 8.73. The molecule has 0 aliphatic carbocycles. The summed E-state index contributed by atoms with van der Waals surface area (Å²) in [5.74, 6) is 0. The van der Waals surface area contributed by atoms with Crippen LogP contribution in [0.3, 0.4) is 0 Å². The van der Waals surface area contributed by atoms with Crippen LogP contribution in [0.5, 0.6) is 0 Å². The molecule has 86 valence electrons. The smallest absolute Gasteiger partial charge is 0.0443 e. The van der Waals surface area contributed by atoms with Crippen molar-refractivity contribution < 1.29 is 5.11 Å². The molecule has 5 nitrogen and oxygen atoms in total. The molecule has 0 radical (unpaired) electrons. The Morgan fingerprint density at radius 2 is 1.93 bits per heavy atom. The molecule has 0 aliphatic rings. The van der Waals surface area contributed by atoms with Crippen molar-refractivity contribution in [1.29, 1.82) is 0 Å². The van der Waals surface area contributed by atoms with E-state index < -0.39 is 0 Å². The van der Waals surface area contributed by atoms with Gasteiger partial charge in [0, 0.05) is 53.4 Å². The van der Waals surface area contributed by atoms with Gasteiger partial charge in [0.2, 0.25) is 0 Å². The molecular formula is C9H24N4O.